The molecule has 0 aliphatic heterocycles. The van der Waals surface area contributed by atoms with Gasteiger partial charge in [0.25, 0.3) is 0 Å². The molecular weight excluding hydrogens is 286 g/mol. The highest BCUT2D eigenvalue weighted by Crippen LogP contribution is 2.32. The van der Waals surface area contributed by atoms with Gasteiger partial charge in [-0.05, 0) is 30.7 Å². The fraction of sp³-hybridized carbons (Fsp3) is 0.538. The Balaban J connectivity index is 2.30. The fourth-order valence-electron chi connectivity index (χ4n) is 2.54. The first-order valence-electron chi connectivity index (χ1n) is 6.49. The largest absolute Gasteiger partial charge is 0.396 e. The van der Waals surface area contributed by atoms with Crippen molar-refractivity contribution in [3.8, 4) is 0 Å². The number of rotatable bonds is 3. The van der Waals surface area contributed by atoms with Gasteiger partial charge in [-0.1, -0.05) is 13.8 Å². The van der Waals surface area contributed by atoms with Gasteiger partial charge in [-0.2, -0.15) is 0 Å². The van der Waals surface area contributed by atoms with Crippen molar-refractivity contribution in [3.63, 3.8) is 0 Å². The Morgan fingerprint density at radius 3 is 2.40 bits per heavy atom. The van der Waals surface area contributed by atoms with E-state index < -0.39 is 26.6 Å². The average molecular weight is 304 g/mol. The Morgan fingerprint density at radius 1 is 1.20 bits per heavy atom. The first-order valence-corrected chi connectivity index (χ1v) is 7.97. The molecule has 3 atom stereocenters. The van der Waals surface area contributed by atoms with E-state index in [1.807, 2.05) is 6.92 Å². The summed E-state index contributed by atoms with van der Waals surface area (Å²) in [6, 6.07) is 1.07. The minimum Gasteiger partial charge on any atom is -0.396 e. The van der Waals surface area contributed by atoms with Crippen LogP contribution in [0.2, 0.25) is 0 Å². The Labute approximate surface area is 117 Å². The molecule has 1 fully saturated rings. The summed E-state index contributed by atoms with van der Waals surface area (Å²) in [4.78, 5) is -0.608. The molecule has 0 spiro atoms. The Kier molecular flexibility index (Phi) is 4.02. The lowest BCUT2D eigenvalue weighted by molar-refractivity contribution is 0.401. The van der Waals surface area contributed by atoms with Crippen LogP contribution in [0.3, 0.4) is 0 Å². The van der Waals surface area contributed by atoms with E-state index in [1.54, 1.807) is 0 Å². The normalized spacial score (nSPS) is 26.9. The molecule has 20 heavy (non-hydrogen) atoms. The maximum atomic E-state index is 13.7. The number of benzene rings is 1. The van der Waals surface area contributed by atoms with Gasteiger partial charge in [-0.3, -0.25) is 0 Å². The molecule has 0 heterocycles. The van der Waals surface area contributed by atoms with Crippen molar-refractivity contribution in [2.75, 3.05) is 5.73 Å². The minimum absolute atomic E-state index is 0.172. The van der Waals surface area contributed by atoms with E-state index in [1.165, 1.54) is 0 Å². The Hall–Kier alpha value is -1.21. The van der Waals surface area contributed by atoms with Crippen LogP contribution in [0, 0.1) is 23.5 Å². The summed E-state index contributed by atoms with van der Waals surface area (Å²) < 4.78 is 53.6. The van der Waals surface area contributed by atoms with Gasteiger partial charge in [-0.25, -0.2) is 21.9 Å². The minimum atomic E-state index is -4.04. The van der Waals surface area contributed by atoms with Crippen LogP contribution < -0.4 is 10.5 Å². The van der Waals surface area contributed by atoms with Crippen molar-refractivity contribution in [1.29, 1.82) is 0 Å². The van der Waals surface area contributed by atoms with Crippen molar-refractivity contribution in [2.45, 2.75) is 37.6 Å². The topological polar surface area (TPSA) is 72.2 Å². The van der Waals surface area contributed by atoms with Crippen molar-refractivity contribution < 1.29 is 17.2 Å². The smallest absolute Gasteiger partial charge is 0.243 e. The van der Waals surface area contributed by atoms with E-state index in [4.69, 9.17) is 5.73 Å². The van der Waals surface area contributed by atoms with E-state index >= 15 is 0 Å². The Morgan fingerprint density at radius 2 is 1.85 bits per heavy atom. The monoisotopic (exact) mass is 304 g/mol. The van der Waals surface area contributed by atoms with Crippen LogP contribution in [-0.2, 0) is 10.0 Å². The van der Waals surface area contributed by atoms with Crippen LogP contribution in [0.4, 0.5) is 14.5 Å². The second-order valence-corrected chi connectivity index (χ2v) is 7.13. The molecule has 0 bridgehead atoms. The van der Waals surface area contributed by atoms with Crippen LogP contribution in [0.5, 0.6) is 0 Å². The molecule has 1 aliphatic rings. The van der Waals surface area contributed by atoms with Crippen LogP contribution in [0.1, 0.15) is 26.7 Å². The van der Waals surface area contributed by atoms with Crippen molar-refractivity contribution in [1.82, 2.24) is 4.72 Å². The van der Waals surface area contributed by atoms with Crippen LogP contribution in [0.25, 0.3) is 0 Å². The maximum Gasteiger partial charge on any atom is 0.243 e. The molecule has 1 aromatic rings. The van der Waals surface area contributed by atoms with Crippen LogP contribution in [-0.4, -0.2) is 14.5 Å². The van der Waals surface area contributed by atoms with Gasteiger partial charge in [0, 0.05) is 12.1 Å². The van der Waals surface area contributed by atoms with Gasteiger partial charge >= 0.3 is 0 Å². The van der Waals surface area contributed by atoms with Gasteiger partial charge in [0.05, 0.1) is 5.69 Å². The number of anilines is 1. The number of sulfonamides is 1. The first kappa shape index (κ1) is 15.2. The molecule has 0 amide bonds. The lowest BCUT2D eigenvalue weighted by atomic mass is 9.98. The highest BCUT2D eigenvalue weighted by Gasteiger charge is 2.34. The molecule has 1 aromatic carbocycles. The lowest BCUT2D eigenvalue weighted by Gasteiger charge is -2.20. The first-order chi connectivity index (χ1) is 9.22. The molecule has 1 aliphatic carbocycles. The highest BCUT2D eigenvalue weighted by molar-refractivity contribution is 7.89. The quantitative estimate of drug-likeness (QED) is 0.841. The number of halogens is 2. The third-order valence-electron chi connectivity index (χ3n) is 4.11. The van der Waals surface area contributed by atoms with Gasteiger partial charge in [0.1, 0.15) is 16.5 Å². The zero-order valence-electron chi connectivity index (χ0n) is 11.4. The Bertz CT molecular complexity index is 619. The predicted octanol–water partition coefficient (Wildman–Crippen LogP) is 2.26. The molecule has 3 N–H and O–H groups in total. The number of nitrogens with one attached hydrogen (secondary N) is 1. The van der Waals surface area contributed by atoms with Gasteiger partial charge in [0.15, 0.2) is 0 Å². The van der Waals surface area contributed by atoms with Crippen LogP contribution >= 0.6 is 0 Å². The summed E-state index contributed by atoms with van der Waals surface area (Å²) >= 11 is 0. The summed E-state index contributed by atoms with van der Waals surface area (Å²) in [6.07, 6.45) is 1.63. The number of hydrogen-bond donors (Lipinski definition) is 2. The second-order valence-electron chi connectivity index (χ2n) is 5.45. The molecule has 7 heteroatoms. The zero-order valence-corrected chi connectivity index (χ0v) is 12.2. The summed E-state index contributed by atoms with van der Waals surface area (Å²) in [5.74, 6) is -1.52. The average Bonchev–Trinajstić information content (AvgIpc) is 2.65. The highest BCUT2D eigenvalue weighted by atomic mass is 32.2. The third-order valence-corrected chi connectivity index (χ3v) is 5.62. The van der Waals surface area contributed by atoms with Crippen molar-refractivity contribution >= 4 is 15.7 Å². The van der Waals surface area contributed by atoms with E-state index in [-0.39, 0.29) is 17.6 Å². The van der Waals surface area contributed by atoms with E-state index in [2.05, 4.69) is 11.6 Å². The van der Waals surface area contributed by atoms with Crippen molar-refractivity contribution in [3.05, 3.63) is 23.8 Å². The number of hydrogen-bond acceptors (Lipinski definition) is 3. The van der Waals surface area contributed by atoms with Crippen LogP contribution in [0.15, 0.2) is 17.0 Å². The molecule has 1 saturated carbocycles. The summed E-state index contributed by atoms with van der Waals surface area (Å²) in [7, 11) is -4.04. The molecule has 2 rings (SSSR count). The number of nitrogen functional groups attached to an aromatic ring is 1. The molecule has 112 valence electrons. The van der Waals surface area contributed by atoms with Crippen molar-refractivity contribution in [2.24, 2.45) is 11.8 Å². The molecule has 3 unspecified atom stereocenters. The SMILES string of the molecule is CC1CCC(NS(=O)(=O)c2cc(N)c(F)cc2F)C1C. The van der Waals surface area contributed by atoms with Gasteiger partial charge in [0.2, 0.25) is 10.0 Å². The van der Waals surface area contributed by atoms with E-state index in [0.29, 0.717) is 18.4 Å². The maximum absolute atomic E-state index is 13.7. The second kappa shape index (κ2) is 5.29. The molecule has 0 saturated heterocycles. The molecule has 0 aromatic heterocycles. The number of nitrogens with two attached hydrogens (primary N) is 1. The van der Waals surface area contributed by atoms with Gasteiger partial charge in [-0.15, -0.1) is 0 Å². The molecular formula is C13H18F2N2O2S. The summed E-state index contributed by atoms with van der Waals surface area (Å²) in [5, 5.41) is 0. The van der Waals surface area contributed by atoms with Gasteiger partial charge < -0.3 is 5.73 Å². The fourth-order valence-corrected chi connectivity index (χ4v) is 4.00. The standard InChI is InChI=1S/C13H18F2N2O2S/c1-7-3-4-12(8(7)2)17-20(18,19)13-6-11(16)9(14)5-10(13)15/h5-8,12,17H,3-4,16H2,1-2H3. The predicted molar refractivity (Wildman–Crippen MR) is 72.4 cm³/mol. The lowest BCUT2D eigenvalue weighted by Crippen LogP contribution is -2.37. The molecule has 0 radical (unpaired) electrons. The van der Waals surface area contributed by atoms with E-state index in [0.717, 1.165) is 12.5 Å². The molecule has 4 nitrogen and oxygen atoms in total. The third kappa shape index (κ3) is 2.78. The van der Waals surface area contributed by atoms with E-state index in [9.17, 15) is 17.2 Å². The summed E-state index contributed by atoms with van der Waals surface area (Å²) in [5.41, 5.74) is 4.92. The zero-order chi connectivity index (χ0) is 15.1. The summed E-state index contributed by atoms with van der Waals surface area (Å²) in [6.45, 7) is 4.01.